The van der Waals surface area contributed by atoms with Gasteiger partial charge in [-0.25, -0.2) is 14.1 Å². The number of furan rings is 1. The molecule has 1 unspecified atom stereocenters. The number of aliphatic hydroxyl groups excluding tert-OH is 1. The maximum Gasteiger partial charge on any atom is 0.663 e. The van der Waals surface area contributed by atoms with E-state index >= 15 is 0 Å². The number of hydrogen-bond acceptors (Lipinski definition) is 21. The number of imidazole rings is 1. The highest BCUT2D eigenvalue weighted by atomic mass is 31.2. The van der Waals surface area contributed by atoms with Crippen LogP contribution < -0.4 is 42.4 Å². The second kappa shape index (κ2) is 10.2. The second-order valence-corrected chi connectivity index (χ2v) is 12.4. The molecule has 0 spiro atoms. The molecular formula is C20H24N10O13P2+2. The first kappa shape index (κ1) is 29.2. The molecule has 0 aliphatic carbocycles. The Morgan fingerprint density at radius 3 is 2.71 bits per heavy atom. The van der Waals surface area contributed by atoms with Gasteiger partial charge in [0.1, 0.15) is 18.3 Å². The Hall–Kier alpha value is -4.57. The molecule has 14 N–H and O–H groups in total. The van der Waals surface area contributed by atoms with Crippen molar-refractivity contribution in [2.75, 3.05) is 24.0 Å². The van der Waals surface area contributed by atoms with Crippen LogP contribution in [0.5, 0.6) is 11.5 Å². The third-order valence-corrected chi connectivity index (χ3v) is 8.43. The summed E-state index contributed by atoms with van der Waals surface area (Å²) in [4.78, 5) is 66.7. The number of ether oxygens (including phenoxy) is 1. The molecule has 3 aromatic heterocycles. The summed E-state index contributed by atoms with van der Waals surface area (Å²) >= 11 is 0. The number of rotatable bonds is 2. The first-order chi connectivity index (χ1) is 21.3. The molecule has 240 valence electrons. The van der Waals surface area contributed by atoms with Crippen LogP contribution in [0.2, 0.25) is 0 Å². The van der Waals surface area contributed by atoms with Gasteiger partial charge in [0, 0.05) is 0 Å². The molecule has 7 rings (SSSR count). The minimum atomic E-state index is -4.95. The van der Waals surface area contributed by atoms with Gasteiger partial charge in [-0.15, -0.1) is 4.52 Å². The van der Waals surface area contributed by atoms with Crippen LogP contribution in [0.4, 0.5) is 11.8 Å². The van der Waals surface area contributed by atoms with Crippen molar-refractivity contribution in [1.29, 1.82) is 0 Å². The van der Waals surface area contributed by atoms with Gasteiger partial charge in [0.2, 0.25) is 17.6 Å². The standard InChI is InChI=1S/C20H22N10O13P2/c21-14-8-15(24-3-23-14)29(4-25-8)18-11(32)12-7(41-18)2-39-45(36,37)43-13-10(31)6(1-38-44(34,35)42-12)40-19(13)30-5-26-9-16(30)27-20(22)28-17(9)33/h1,5,10,15,23-25,31,34-37H,2-4,21H2,(H2-2,22,27,28,32,33)/p+2/b6-1+/t10-,15?/m1/s1. The lowest BCUT2D eigenvalue weighted by Gasteiger charge is -2.28. The van der Waals surface area contributed by atoms with E-state index in [1.54, 1.807) is 0 Å². The van der Waals surface area contributed by atoms with Crippen LogP contribution >= 0.6 is 16.3 Å². The maximum atomic E-state index is 12.3. The van der Waals surface area contributed by atoms with Crippen LogP contribution in [-0.4, -0.2) is 74.9 Å². The first-order valence-electron chi connectivity index (χ1n) is 12.6. The third-order valence-electron chi connectivity index (χ3n) is 6.73. The number of H-pyrrole nitrogens is 1. The van der Waals surface area contributed by atoms with Gasteiger partial charge in [-0.3, -0.25) is 24.1 Å². The lowest BCUT2D eigenvalue weighted by Crippen LogP contribution is -2.51. The fourth-order valence-corrected chi connectivity index (χ4v) is 6.25. The minimum absolute atomic E-state index is 0.0683. The van der Waals surface area contributed by atoms with Gasteiger partial charge in [0.05, 0.1) is 19.0 Å². The summed E-state index contributed by atoms with van der Waals surface area (Å²) in [7, 11) is -9.89. The molecule has 0 aromatic carbocycles. The van der Waals surface area contributed by atoms with Crippen LogP contribution in [-0.2, 0) is 24.9 Å². The third kappa shape index (κ3) is 4.97. The summed E-state index contributed by atoms with van der Waals surface area (Å²) in [5, 5.41) is 31.0. The number of nitrogen functional groups attached to an aromatic ring is 1. The van der Waals surface area contributed by atoms with Gasteiger partial charge in [0.25, 0.3) is 23.0 Å². The predicted octanol–water partition coefficient (Wildman–Crippen LogP) is -2.70. The molecule has 25 heteroatoms. The van der Waals surface area contributed by atoms with E-state index < -0.39 is 75.4 Å². The topological polar surface area (TPSA) is 336 Å². The minimum Gasteiger partial charge on any atom is -0.500 e. The molecule has 4 aliphatic heterocycles. The molecule has 0 amide bonds. The quantitative estimate of drug-likeness (QED) is 0.123. The summed E-state index contributed by atoms with van der Waals surface area (Å²) in [6, 6.07) is 0. The molecule has 3 aromatic rings. The largest absolute Gasteiger partial charge is 0.663 e. The Morgan fingerprint density at radius 2 is 1.91 bits per heavy atom. The van der Waals surface area contributed by atoms with Gasteiger partial charge in [-0.05, 0) is 0 Å². The summed E-state index contributed by atoms with van der Waals surface area (Å²) in [5.41, 5.74) is 11.1. The van der Waals surface area contributed by atoms with Gasteiger partial charge in [-0.2, -0.15) is 24.6 Å². The number of fused-ring (bicyclic) bond motifs is 5. The summed E-state index contributed by atoms with van der Waals surface area (Å²) < 4.78 is 33.0. The molecule has 1 fully saturated rings. The Bertz CT molecular complexity index is 1870. The van der Waals surface area contributed by atoms with Crippen LogP contribution in [0.15, 0.2) is 44.8 Å². The number of aromatic nitrogens is 4. The van der Waals surface area contributed by atoms with Gasteiger partial charge in [0.15, 0.2) is 41.7 Å². The lowest BCUT2D eigenvalue weighted by molar-refractivity contribution is 0.102. The molecular weight excluding hydrogens is 650 g/mol. The molecule has 2 bridgehead atoms. The first-order valence-corrected chi connectivity index (χ1v) is 15.6. The van der Waals surface area contributed by atoms with E-state index in [4.69, 9.17) is 38.7 Å². The van der Waals surface area contributed by atoms with Crippen LogP contribution in [0.1, 0.15) is 5.76 Å². The van der Waals surface area contributed by atoms with Gasteiger partial charge >= 0.3 is 16.3 Å². The van der Waals surface area contributed by atoms with Crippen molar-refractivity contribution in [1.82, 2.24) is 35.5 Å². The molecule has 0 radical (unpaired) electrons. The average molecular weight is 674 g/mol. The average Bonchev–Trinajstić information content (AvgIpc) is 3.72. The predicted molar refractivity (Wildman–Crippen MR) is 148 cm³/mol. The summed E-state index contributed by atoms with van der Waals surface area (Å²) in [5.74, 6) is -3.83. The summed E-state index contributed by atoms with van der Waals surface area (Å²) in [6.45, 7) is -0.557. The normalized spacial score (nSPS) is 25.2. The van der Waals surface area contributed by atoms with E-state index in [1.807, 2.05) is 0 Å². The molecule has 7 heterocycles. The maximum absolute atomic E-state index is 12.3. The Balaban J connectivity index is 1.28. The number of aromatic hydroxyl groups is 1. The smallest absolute Gasteiger partial charge is 0.500 e. The van der Waals surface area contributed by atoms with Crippen molar-refractivity contribution >= 4 is 45.2 Å². The molecule has 0 saturated carbocycles. The van der Waals surface area contributed by atoms with Crippen molar-refractivity contribution in [3.63, 3.8) is 0 Å². The highest BCUT2D eigenvalue weighted by molar-refractivity contribution is 7.55. The zero-order valence-corrected chi connectivity index (χ0v) is 24.1. The molecule has 2 atom stereocenters. The fourth-order valence-electron chi connectivity index (χ4n) is 4.76. The van der Waals surface area contributed by atoms with Crippen molar-refractivity contribution < 1.29 is 57.0 Å². The SMILES string of the molecule is NC1=C2NCN(c3oc4c(c3O)O[P+](O)(O)O/C=C3/OC(n5cnc6c(=O)[nH]c(N)nc65)=C(O[P+](O)(O)OC4)[C@@H]3O)C2NCN1. The van der Waals surface area contributed by atoms with Gasteiger partial charge in [-0.1, -0.05) is 0 Å². The Kier molecular flexibility index (Phi) is 6.63. The highest BCUT2D eigenvalue weighted by Crippen LogP contribution is 2.61. The van der Waals surface area contributed by atoms with Gasteiger partial charge < -0.3 is 46.4 Å². The van der Waals surface area contributed by atoms with E-state index in [0.717, 1.165) is 10.9 Å². The van der Waals surface area contributed by atoms with Crippen molar-refractivity contribution in [3.05, 3.63) is 51.7 Å². The van der Waals surface area contributed by atoms with E-state index in [0.29, 0.717) is 17.8 Å². The number of nitrogens with one attached hydrogen (secondary N) is 4. The number of aliphatic hydroxyl groups is 1. The fraction of sp³-hybridized carbons (Fsp3) is 0.250. The Morgan fingerprint density at radius 1 is 1.11 bits per heavy atom. The summed E-state index contributed by atoms with van der Waals surface area (Å²) in [6.07, 6.45) is -0.983. The van der Waals surface area contributed by atoms with Crippen molar-refractivity contribution in [3.8, 4) is 11.5 Å². The van der Waals surface area contributed by atoms with Crippen LogP contribution in [0, 0.1) is 0 Å². The van der Waals surface area contributed by atoms with E-state index in [-0.39, 0.29) is 36.3 Å². The highest BCUT2D eigenvalue weighted by Gasteiger charge is 2.53. The monoisotopic (exact) mass is 674 g/mol. The molecule has 1 saturated heterocycles. The number of aromatic amines is 1. The zero-order valence-electron chi connectivity index (χ0n) is 22.3. The van der Waals surface area contributed by atoms with Crippen LogP contribution in [0.3, 0.4) is 0 Å². The van der Waals surface area contributed by atoms with E-state index in [9.17, 15) is 34.6 Å². The van der Waals surface area contributed by atoms with E-state index in [2.05, 4.69) is 30.9 Å². The number of nitrogens with zero attached hydrogens (tertiary/aromatic N) is 4. The zero-order chi connectivity index (χ0) is 31.8. The van der Waals surface area contributed by atoms with E-state index in [1.165, 1.54) is 4.90 Å². The number of anilines is 2. The lowest BCUT2D eigenvalue weighted by atomic mass is 10.3. The molecule has 4 aliphatic rings. The Labute approximate surface area is 249 Å². The van der Waals surface area contributed by atoms with Crippen molar-refractivity contribution in [2.24, 2.45) is 5.73 Å². The second-order valence-electron chi connectivity index (χ2n) is 9.58. The number of nitrogens with two attached hydrogens (primary N) is 2. The van der Waals surface area contributed by atoms with Crippen LogP contribution in [0.25, 0.3) is 17.0 Å². The number of hydrogen-bond donors (Lipinski definition) is 12. The van der Waals surface area contributed by atoms with Crippen molar-refractivity contribution in [2.45, 2.75) is 18.9 Å². The molecule has 45 heavy (non-hydrogen) atoms. The molecule has 23 nitrogen and oxygen atoms in total.